The van der Waals surface area contributed by atoms with E-state index >= 15 is 0 Å². The third kappa shape index (κ3) is 3.71. The number of para-hydroxylation sites is 2. The van der Waals surface area contributed by atoms with Gasteiger partial charge in [0.2, 0.25) is 5.91 Å². The second-order valence-corrected chi connectivity index (χ2v) is 8.18. The SMILES string of the molecule is O=C(NCCN1CC=C(n2c(=O)[nH]c3ccccc32)CC1)[C@H]1C[C@@H]1c1ccccc1. The van der Waals surface area contributed by atoms with Crippen LogP contribution in [0.2, 0.25) is 0 Å². The largest absolute Gasteiger partial charge is 0.355 e. The van der Waals surface area contributed by atoms with E-state index in [1.165, 1.54) is 5.56 Å². The quantitative estimate of drug-likeness (QED) is 0.666. The van der Waals surface area contributed by atoms with Crippen molar-refractivity contribution in [3.05, 3.63) is 76.7 Å². The van der Waals surface area contributed by atoms with Gasteiger partial charge in [-0.05, 0) is 30.0 Å². The molecule has 1 aliphatic heterocycles. The molecule has 6 nitrogen and oxygen atoms in total. The number of rotatable bonds is 6. The highest BCUT2D eigenvalue weighted by Crippen LogP contribution is 2.47. The summed E-state index contributed by atoms with van der Waals surface area (Å²) in [5, 5.41) is 3.10. The fourth-order valence-electron chi connectivity index (χ4n) is 4.47. The summed E-state index contributed by atoms with van der Waals surface area (Å²) >= 11 is 0. The van der Waals surface area contributed by atoms with Crippen molar-refractivity contribution in [2.24, 2.45) is 5.92 Å². The molecule has 2 aromatic carbocycles. The Morgan fingerprint density at radius 3 is 2.70 bits per heavy atom. The molecule has 0 bridgehead atoms. The number of carbonyl (C=O) groups is 1. The van der Waals surface area contributed by atoms with Crippen LogP contribution in [0.15, 0.2) is 65.5 Å². The van der Waals surface area contributed by atoms with Crippen LogP contribution in [0.5, 0.6) is 0 Å². The Labute approximate surface area is 175 Å². The number of imidazole rings is 1. The summed E-state index contributed by atoms with van der Waals surface area (Å²) in [6.45, 7) is 3.14. The molecular formula is C24H26N4O2. The van der Waals surface area contributed by atoms with Crippen molar-refractivity contribution in [1.29, 1.82) is 0 Å². The van der Waals surface area contributed by atoms with Gasteiger partial charge in [0.1, 0.15) is 0 Å². The van der Waals surface area contributed by atoms with Gasteiger partial charge in [-0.2, -0.15) is 0 Å². The Morgan fingerprint density at radius 1 is 1.10 bits per heavy atom. The molecule has 2 atom stereocenters. The van der Waals surface area contributed by atoms with Crippen molar-refractivity contribution in [2.75, 3.05) is 26.2 Å². The number of fused-ring (bicyclic) bond motifs is 1. The van der Waals surface area contributed by atoms with E-state index in [0.29, 0.717) is 12.5 Å². The summed E-state index contributed by atoms with van der Waals surface area (Å²) < 4.78 is 1.78. The van der Waals surface area contributed by atoms with Gasteiger partial charge in [-0.25, -0.2) is 4.79 Å². The number of hydrogen-bond donors (Lipinski definition) is 2. The number of aromatic nitrogens is 2. The molecule has 2 heterocycles. The molecule has 6 heteroatoms. The van der Waals surface area contributed by atoms with E-state index in [1.807, 2.05) is 42.5 Å². The second-order valence-electron chi connectivity index (χ2n) is 8.18. The summed E-state index contributed by atoms with van der Waals surface area (Å²) in [7, 11) is 0. The van der Waals surface area contributed by atoms with E-state index in [1.54, 1.807) is 4.57 Å². The molecule has 2 N–H and O–H groups in total. The fraction of sp³-hybridized carbons (Fsp3) is 0.333. The maximum Gasteiger partial charge on any atom is 0.330 e. The van der Waals surface area contributed by atoms with Gasteiger partial charge in [0.25, 0.3) is 0 Å². The topological polar surface area (TPSA) is 70.1 Å². The van der Waals surface area contributed by atoms with Crippen LogP contribution < -0.4 is 11.0 Å². The Kier molecular flexibility index (Phi) is 5.01. The molecule has 1 saturated carbocycles. The maximum atomic E-state index is 12.4. The van der Waals surface area contributed by atoms with E-state index in [4.69, 9.17) is 0 Å². The van der Waals surface area contributed by atoms with Crippen LogP contribution in [0.3, 0.4) is 0 Å². The average molecular weight is 402 g/mol. The van der Waals surface area contributed by atoms with E-state index < -0.39 is 0 Å². The second kappa shape index (κ2) is 7.95. The first-order valence-corrected chi connectivity index (χ1v) is 10.6. The van der Waals surface area contributed by atoms with Crippen LogP contribution in [0.1, 0.15) is 24.3 Å². The molecule has 1 amide bonds. The van der Waals surface area contributed by atoms with Gasteiger partial charge in [-0.15, -0.1) is 0 Å². The van der Waals surface area contributed by atoms with Crippen LogP contribution in [0.25, 0.3) is 16.7 Å². The van der Waals surface area contributed by atoms with Gasteiger partial charge in [0, 0.05) is 44.2 Å². The minimum atomic E-state index is -0.0828. The Hall–Kier alpha value is -3.12. The Bertz CT molecular complexity index is 1140. The molecule has 0 saturated heterocycles. The molecule has 0 spiro atoms. The average Bonchev–Trinajstić information content (AvgIpc) is 3.51. The minimum Gasteiger partial charge on any atom is -0.355 e. The highest BCUT2D eigenvalue weighted by Gasteiger charge is 2.43. The van der Waals surface area contributed by atoms with E-state index in [9.17, 15) is 9.59 Å². The number of nitrogens with one attached hydrogen (secondary N) is 2. The van der Waals surface area contributed by atoms with Gasteiger partial charge >= 0.3 is 5.69 Å². The first kappa shape index (κ1) is 18.9. The van der Waals surface area contributed by atoms with E-state index in [2.05, 4.69) is 33.4 Å². The smallest absolute Gasteiger partial charge is 0.330 e. The van der Waals surface area contributed by atoms with Crippen LogP contribution in [-0.4, -0.2) is 46.5 Å². The summed E-state index contributed by atoms with van der Waals surface area (Å²) in [6, 6.07) is 18.1. The molecule has 1 fully saturated rings. The van der Waals surface area contributed by atoms with Gasteiger partial charge < -0.3 is 10.3 Å². The fourth-order valence-corrected chi connectivity index (χ4v) is 4.47. The van der Waals surface area contributed by atoms with Crippen molar-refractivity contribution >= 4 is 22.6 Å². The predicted octanol–water partition coefficient (Wildman–Crippen LogP) is 2.80. The molecule has 0 radical (unpaired) electrons. The number of benzene rings is 2. The number of H-pyrrole nitrogens is 1. The third-order valence-electron chi connectivity index (χ3n) is 6.23. The van der Waals surface area contributed by atoms with Crippen molar-refractivity contribution in [3.63, 3.8) is 0 Å². The van der Waals surface area contributed by atoms with Crippen LogP contribution in [0, 0.1) is 5.92 Å². The Morgan fingerprint density at radius 2 is 1.90 bits per heavy atom. The summed E-state index contributed by atoms with van der Waals surface area (Å²) in [5.74, 6) is 0.664. The first-order chi connectivity index (χ1) is 14.7. The molecule has 0 unspecified atom stereocenters. The highest BCUT2D eigenvalue weighted by atomic mass is 16.2. The Balaban J connectivity index is 1.13. The third-order valence-corrected chi connectivity index (χ3v) is 6.23. The van der Waals surface area contributed by atoms with Crippen molar-refractivity contribution in [1.82, 2.24) is 19.8 Å². The van der Waals surface area contributed by atoms with Gasteiger partial charge in [-0.1, -0.05) is 48.5 Å². The predicted molar refractivity (Wildman–Crippen MR) is 118 cm³/mol. The molecular weight excluding hydrogens is 376 g/mol. The van der Waals surface area contributed by atoms with Gasteiger partial charge in [0.15, 0.2) is 0 Å². The number of hydrogen-bond acceptors (Lipinski definition) is 3. The van der Waals surface area contributed by atoms with Crippen molar-refractivity contribution in [2.45, 2.75) is 18.8 Å². The summed E-state index contributed by atoms with van der Waals surface area (Å²) in [4.78, 5) is 30.0. The van der Waals surface area contributed by atoms with Gasteiger partial charge in [0.05, 0.1) is 11.0 Å². The lowest BCUT2D eigenvalue weighted by molar-refractivity contribution is -0.122. The van der Waals surface area contributed by atoms with E-state index in [0.717, 1.165) is 49.2 Å². The van der Waals surface area contributed by atoms with Crippen LogP contribution in [-0.2, 0) is 4.79 Å². The van der Waals surface area contributed by atoms with Crippen LogP contribution >= 0.6 is 0 Å². The summed E-state index contributed by atoms with van der Waals surface area (Å²) in [6.07, 6.45) is 3.89. The summed E-state index contributed by atoms with van der Waals surface area (Å²) in [5.41, 5.74) is 4.01. The zero-order valence-electron chi connectivity index (χ0n) is 16.9. The molecule has 1 aliphatic carbocycles. The monoisotopic (exact) mass is 402 g/mol. The molecule has 2 aliphatic rings. The lowest BCUT2D eigenvalue weighted by Gasteiger charge is -2.26. The molecule has 154 valence electrons. The number of carbonyl (C=O) groups excluding carboxylic acids is 1. The zero-order valence-corrected chi connectivity index (χ0v) is 16.9. The molecule has 1 aromatic heterocycles. The lowest BCUT2D eigenvalue weighted by atomic mass is 10.1. The standard InChI is InChI=1S/C24H26N4O2/c29-23(20-16-19(20)17-6-2-1-3-7-17)25-12-15-27-13-10-18(11-14-27)28-22-9-5-4-8-21(22)26-24(28)30/h1-10,19-20H,11-16H2,(H,25,29)(H,26,30)/t19-,20+/m1/s1. The highest BCUT2D eigenvalue weighted by molar-refractivity contribution is 5.83. The molecule has 30 heavy (non-hydrogen) atoms. The molecule has 5 rings (SSSR count). The van der Waals surface area contributed by atoms with Gasteiger partial charge in [-0.3, -0.25) is 14.3 Å². The zero-order chi connectivity index (χ0) is 20.5. The van der Waals surface area contributed by atoms with Crippen LogP contribution in [0.4, 0.5) is 0 Å². The number of aromatic amines is 1. The first-order valence-electron chi connectivity index (χ1n) is 10.6. The maximum absolute atomic E-state index is 12.4. The number of nitrogens with zero attached hydrogens (tertiary/aromatic N) is 2. The normalized spacial score (nSPS) is 21.4. The lowest BCUT2D eigenvalue weighted by Crippen LogP contribution is -2.38. The minimum absolute atomic E-state index is 0.0828. The number of amides is 1. The van der Waals surface area contributed by atoms with Crippen molar-refractivity contribution in [3.8, 4) is 0 Å². The molecule has 3 aromatic rings. The van der Waals surface area contributed by atoms with Crippen molar-refractivity contribution < 1.29 is 4.79 Å². The van der Waals surface area contributed by atoms with E-state index in [-0.39, 0.29) is 17.5 Å².